The highest BCUT2D eigenvalue weighted by molar-refractivity contribution is 6.25. The van der Waals surface area contributed by atoms with E-state index < -0.39 is 0 Å². The SMILES string of the molecule is CCCCCCOC(=O)c1c2cccc(CC)c2c(C(=O)OCCCCCC)c2cccc(CC)c12. The lowest BCUT2D eigenvalue weighted by Crippen LogP contribution is -2.14. The minimum atomic E-state index is -0.310. The average molecular weight is 491 g/mol. The number of carbonyl (C=O) groups excluding carboxylic acids is 2. The summed E-state index contributed by atoms with van der Waals surface area (Å²) in [4.78, 5) is 27.2. The first-order valence-corrected chi connectivity index (χ1v) is 13.9. The first-order valence-electron chi connectivity index (χ1n) is 13.9. The van der Waals surface area contributed by atoms with Crippen molar-refractivity contribution in [1.29, 1.82) is 0 Å². The molecule has 3 rings (SSSR count). The number of hydrogen-bond donors (Lipinski definition) is 0. The van der Waals surface area contributed by atoms with E-state index in [4.69, 9.17) is 9.47 Å². The van der Waals surface area contributed by atoms with E-state index in [1.807, 2.05) is 36.4 Å². The quantitative estimate of drug-likeness (QED) is 0.129. The Labute approximate surface area is 216 Å². The summed E-state index contributed by atoms with van der Waals surface area (Å²) >= 11 is 0. The van der Waals surface area contributed by atoms with E-state index in [-0.39, 0.29) is 11.9 Å². The van der Waals surface area contributed by atoms with Crippen molar-refractivity contribution in [1.82, 2.24) is 0 Å². The van der Waals surface area contributed by atoms with Crippen LogP contribution in [-0.4, -0.2) is 25.2 Å². The molecule has 0 amide bonds. The summed E-state index contributed by atoms with van der Waals surface area (Å²) in [5.74, 6) is -0.620. The van der Waals surface area contributed by atoms with Crippen LogP contribution in [-0.2, 0) is 22.3 Å². The molecule has 4 nitrogen and oxygen atoms in total. The first kappa shape index (κ1) is 27.7. The van der Waals surface area contributed by atoms with Crippen LogP contribution in [0.25, 0.3) is 21.5 Å². The Morgan fingerprint density at radius 3 is 1.36 bits per heavy atom. The van der Waals surface area contributed by atoms with Gasteiger partial charge >= 0.3 is 11.9 Å². The molecule has 36 heavy (non-hydrogen) atoms. The predicted octanol–water partition coefficient (Wildman–Crippen LogP) is 8.59. The van der Waals surface area contributed by atoms with E-state index in [2.05, 4.69) is 27.7 Å². The molecule has 0 saturated carbocycles. The van der Waals surface area contributed by atoms with Crippen molar-refractivity contribution < 1.29 is 19.1 Å². The normalized spacial score (nSPS) is 11.2. The fraction of sp³-hybridized carbons (Fsp3) is 0.500. The molecule has 0 N–H and O–H groups in total. The highest BCUT2D eigenvalue weighted by Gasteiger charge is 2.26. The molecule has 0 unspecified atom stereocenters. The number of aryl methyl sites for hydroxylation is 2. The first-order chi connectivity index (χ1) is 17.6. The summed E-state index contributed by atoms with van der Waals surface area (Å²) in [6, 6.07) is 11.9. The molecular weight excluding hydrogens is 448 g/mol. The van der Waals surface area contributed by atoms with Crippen LogP contribution in [0.5, 0.6) is 0 Å². The van der Waals surface area contributed by atoms with Crippen molar-refractivity contribution in [3.8, 4) is 0 Å². The molecule has 0 aliphatic carbocycles. The molecule has 0 aromatic heterocycles. The maximum atomic E-state index is 13.6. The summed E-state index contributed by atoms with van der Waals surface area (Å²) in [5, 5.41) is 3.19. The van der Waals surface area contributed by atoms with Gasteiger partial charge in [-0.25, -0.2) is 9.59 Å². The Morgan fingerprint density at radius 2 is 1.00 bits per heavy atom. The van der Waals surface area contributed by atoms with Gasteiger partial charge < -0.3 is 9.47 Å². The van der Waals surface area contributed by atoms with Gasteiger partial charge in [-0.2, -0.15) is 0 Å². The maximum Gasteiger partial charge on any atom is 0.339 e. The van der Waals surface area contributed by atoms with Crippen molar-refractivity contribution in [2.24, 2.45) is 0 Å². The van der Waals surface area contributed by atoms with Crippen molar-refractivity contribution in [2.45, 2.75) is 91.9 Å². The summed E-state index contributed by atoms with van der Waals surface area (Å²) in [7, 11) is 0. The van der Waals surface area contributed by atoms with E-state index >= 15 is 0 Å². The molecule has 3 aromatic carbocycles. The highest BCUT2D eigenvalue weighted by atomic mass is 16.5. The summed E-state index contributed by atoms with van der Waals surface area (Å²) in [6.45, 7) is 9.30. The lowest BCUT2D eigenvalue weighted by atomic mass is 9.86. The molecule has 0 aliphatic rings. The number of unbranched alkanes of at least 4 members (excludes halogenated alkanes) is 6. The minimum absolute atomic E-state index is 0.310. The molecule has 0 bridgehead atoms. The van der Waals surface area contributed by atoms with Crippen molar-refractivity contribution in [2.75, 3.05) is 13.2 Å². The highest BCUT2D eigenvalue weighted by Crippen LogP contribution is 2.38. The van der Waals surface area contributed by atoms with Crippen LogP contribution in [0.2, 0.25) is 0 Å². The number of hydrogen-bond acceptors (Lipinski definition) is 4. The van der Waals surface area contributed by atoms with Crippen LogP contribution >= 0.6 is 0 Å². The second kappa shape index (κ2) is 14.0. The van der Waals surface area contributed by atoms with E-state index in [0.717, 1.165) is 96.9 Å². The van der Waals surface area contributed by atoms with Crippen LogP contribution in [0, 0.1) is 0 Å². The molecule has 0 heterocycles. The van der Waals surface area contributed by atoms with Crippen LogP contribution in [0.15, 0.2) is 36.4 Å². The van der Waals surface area contributed by atoms with Gasteiger partial charge in [0.15, 0.2) is 0 Å². The molecule has 0 aliphatic heterocycles. The van der Waals surface area contributed by atoms with Crippen molar-refractivity contribution >= 4 is 33.5 Å². The second-order valence-corrected chi connectivity index (χ2v) is 9.53. The summed E-state index contributed by atoms with van der Waals surface area (Å²) < 4.78 is 11.6. The monoisotopic (exact) mass is 490 g/mol. The third-order valence-corrected chi connectivity index (χ3v) is 6.97. The van der Waals surface area contributed by atoms with E-state index in [0.29, 0.717) is 24.3 Å². The molecule has 0 atom stereocenters. The fourth-order valence-corrected chi connectivity index (χ4v) is 5.02. The second-order valence-electron chi connectivity index (χ2n) is 9.53. The maximum absolute atomic E-state index is 13.6. The fourth-order valence-electron chi connectivity index (χ4n) is 5.02. The molecular formula is C32H42O4. The van der Waals surface area contributed by atoms with E-state index in [9.17, 15) is 9.59 Å². The van der Waals surface area contributed by atoms with Gasteiger partial charge in [0, 0.05) is 10.8 Å². The molecule has 0 radical (unpaired) electrons. The number of esters is 2. The van der Waals surface area contributed by atoms with Crippen LogP contribution < -0.4 is 0 Å². The van der Waals surface area contributed by atoms with Crippen LogP contribution in [0.1, 0.15) is 111 Å². The number of ether oxygens (including phenoxy) is 2. The third kappa shape index (κ3) is 6.27. The standard InChI is InChI=1S/C32H42O4/c1-5-9-11-13-21-35-31(33)29-25-19-15-18-24(8-4)28(25)30(32(34)36-22-14-12-10-6-2)26-20-16-17-23(7-3)27(26)29/h15-20H,5-14,21-22H2,1-4H3. The smallest absolute Gasteiger partial charge is 0.339 e. The molecule has 0 saturated heterocycles. The Morgan fingerprint density at radius 1 is 0.583 bits per heavy atom. The zero-order chi connectivity index (χ0) is 25.9. The number of rotatable bonds is 14. The van der Waals surface area contributed by atoms with Crippen LogP contribution in [0.3, 0.4) is 0 Å². The molecule has 0 fully saturated rings. The largest absolute Gasteiger partial charge is 0.462 e. The molecule has 4 heteroatoms. The van der Waals surface area contributed by atoms with E-state index in [1.54, 1.807) is 0 Å². The number of fused-ring (bicyclic) bond motifs is 2. The zero-order valence-corrected chi connectivity index (χ0v) is 22.6. The van der Waals surface area contributed by atoms with Crippen LogP contribution in [0.4, 0.5) is 0 Å². The number of benzene rings is 3. The molecule has 194 valence electrons. The topological polar surface area (TPSA) is 52.6 Å². The predicted molar refractivity (Wildman–Crippen MR) is 149 cm³/mol. The van der Waals surface area contributed by atoms with Gasteiger partial charge in [0.1, 0.15) is 0 Å². The lowest BCUT2D eigenvalue weighted by molar-refractivity contribution is 0.0489. The third-order valence-electron chi connectivity index (χ3n) is 6.97. The molecule has 0 spiro atoms. The van der Waals surface area contributed by atoms with Gasteiger partial charge in [0.2, 0.25) is 0 Å². The van der Waals surface area contributed by atoms with Crippen molar-refractivity contribution in [3.05, 3.63) is 58.7 Å². The van der Waals surface area contributed by atoms with E-state index in [1.165, 1.54) is 0 Å². The van der Waals surface area contributed by atoms with Crippen molar-refractivity contribution in [3.63, 3.8) is 0 Å². The summed E-state index contributed by atoms with van der Waals surface area (Å²) in [6.07, 6.45) is 9.87. The lowest BCUT2D eigenvalue weighted by Gasteiger charge is -2.19. The summed E-state index contributed by atoms with van der Waals surface area (Å²) in [5.41, 5.74) is 3.21. The van der Waals surface area contributed by atoms with Gasteiger partial charge in [-0.05, 0) is 47.6 Å². The Balaban J connectivity index is 2.16. The average Bonchev–Trinajstić information content (AvgIpc) is 2.90. The van der Waals surface area contributed by atoms with Gasteiger partial charge in [-0.15, -0.1) is 0 Å². The van der Waals surface area contributed by atoms with Gasteiger partial charge in [-0.1, -0.05) is 103 Å². The van der Waals surface area contributed by atoms with Gasteiger partial charge in [-0.3, -0.25) is 0 Å². The molecule has 3 aromatic rings. The zero-order valence-electron chi connectivity index (χ0n) is 22.6. The Kier molecular flexibility index (Phi) is 10.8. The van der Waals surface area contributed by atoms with Gasteiger partial charge in [0.25, 0.3) is 0 Å². The Hall–Kier alpha value is -2.88. The number of carbonyl (C=O) groups is 2. The minimum Gasteiger partial charge on any atom is -0.462 e. The van der Waals surface area contributed by atoms with Gasteiger partial charge in [0.05, 0.1) is 24.3 Å². The Bertz CT molecular complexity index is 1080.